The molecule has 5 fully saturated rings. The molecule has 0 unspecified atom stereocenters. The Morgan fingerprint density at radius 3 is 1.95 bits per heavy atom. The first-order valence-electron chi connectivity index (χ1n) is 8.16. The Morgan fingerprint density at radius 2 is 1.58 bits per heavy atom. The molecule has 0 spiro atoms. The van der Waals surface area contributed by atoms with Gasteiger partial charge in [-0.25, -0.2) is 0 Å². The molecule has 3 heteroatoms. The van der Waals surface area contributed by atoms with Crippen molar-refractivity contribution in [2.45, 2.75) is 63.3 Å². The Morgan fingerprint density at radius 1 is 1.05 bits per heavy atom. The molecule has 0 aromatic rings. The van der Waals surface area contributed by atoms with Crippen molar-refractivity contribution < 1.29 is 4.79 Å². The first kappa shape index (κ1) is 12.2. The number of carbonyl (C=O) groups excluding carboxylic acids is 1. The number of carbonyl (C=O) groups is 1. The van der Waals surface area contributed by atoms with E-state index in [9.17, 15) is 4.79 Å². The van der Waals surface area contributed by atoms with Crippen LogP contribution in [0.2, 0.25) is 0 Å². The van der Waals surface area contributed by atoms with E-state index in [1.165, 1.54) is 25.7 Å². The highest BCUT2D eigenvalue weighted by molar-refractivity contribution is 5.84. The van der Waals surface area contributed by atoms with Crippen molar-refractivity contribution in [2.24, 2.45) is 28.9 Å². The largest absolute Gasteiger partial charge is 0.349 e. The minimum atomic E-state index is -0.0413. The van der Waals surface area contributed by atoms with Gasteiger partial charge in [-0.05, 0) is 75.5 Å². The summed E-state index contributed by atoms with van der Waals surface area (Å²) >= 11 is 0. The van der Waals surface area contributed by atoms with E-state index in [1.54, 1.807) is 0 Å². The van der Waals surface area contributed by atoms with E-state index in [0.717, 1.165) is 49.9 Å². The van der Waals surface area contributed by atoms with Crippen molar-refractivity contribution >= 4 is 5.91 Å². The predicted molar refractivity (Wildman–Crippen MR) is 74.4 cm³/mol. The topological polar surface area (TPSA) is 55.1 Å². The third-order valence-electron chi connectivity index (χ3n) is 6.60. The molecule has 5 aliphatic carbocycles. The third-order valence-corrected chi connectivity index (χ3v) is 6.60. The van der Waals surface area contributed by atoms with Gasteiger partial charge < -0.3 is 11.1 Å². The number of hydrogen-bond donors (Lipinski definition) is 2. The molecule has 0 atom stereocenters. The minimum absolute atomic E-state index is 0.00743. The zero-order valence-electron chi connectivity index (χ0n) is 11.8. The van der Waals surface area contributed by atoms with Crippen LogP contribution in [0, 0.1) is 23.2 Å². The molecule has 19 heavy (non-hydrogen) atoms. The molecule has 106 valence electrons. The van der Waals surface area contributed by atoms with E-state index in [4.69, 9.17) is 5.73 Å². The lowest BCUT2D eigenvalue weighted by atomic mass is 9.49. The smallest absolute Gasteiger partial charge is 0.226 e. The maximum atomic E-state index is 12.9. The van der Waals surface area contributed by atoms with Gasteiger partial charge in [0.2, 0.25) is 5.91 Å². The fourth-order valence-corrected chi connectivity index (χ4v) is 5.75. The first-order valence-corrected chi connectivity index (χ1v) is 8.16. The lowest BCUT2D eigenvalue weighted by Gasteiger charge is -2.56. The first-order chi connectivity index (χ1) is 9.13. The number of rotatable bonds is 3. The normalized spacial score (nSPS) is 45.8. The Kier molecular flexibility index (Phi) is 2.55. The van der Waals surface area contributed by atoms with Gasteiger partial charge in [-0.2, -0.15) is 0 Å². The summed E-state index contributed by atoms with van der Waals surface area (Å²) < 4.78 is 0. The molecular weight excluding hydrogens is 236 g/mol. The van der Waals surface area contributed by atoms with Crippen LogP contribution in [0.3, 0.4) is 0 Å². The van der Waals surface area contributed by atoms with Crippen LogP contribution in [0.4, 0.5) is 0 Å². The second kappa shape index (κ2) is 3.97. The van der Waals surface area contributed by atoms with Crippen molar-refractivity contribution in [1.82, 2.24) is 5.32 Å². The van der Waals surface area contributed by atoms with Crippen molar-refractivity contribution in [3.8, 4) is 0 Å². The summed E-state index contributed by atoms with van der Waals surface area (Å²) in [5.41, 5.74) is 5.85. The molecule has 5 aliphatic rings. The second-order valence-corrected chi connectivity index (χ2v) is 7.99. The number of amides is 1. The highest BCUT2D eigenvalue weighted by atomic mass is 16.2. The monoisotopic (exact) mass is 262 g/mol. The van der Waals surface area contributed by atoms with Crippen LogP contribution in [0.1, 0.15) is 57.8 Å². The van der Waals surface area contributed by atoms with Crippen molar-refractivity contribution in [3.63, 3.8) is 0 Å². The van der Waals surface area contributed by atoms with E-state index < -0.39 is 0 Å². The summed E-state index contributed by atoms with van der Waals surface area (Å²) in [5.74, 6) is 2.88. The molecule has 5 rings (SSSR count). The van der Waals surface area contributed by atoms with Gasteiger partial charge in [0.25, 0.3) is 0 Å². The van der Waals surface area contributed by atoms with E-state index >= 15 is 0 Å². The Labute approximate surface area is 115 Å². The van der Waals surface area contributed by atoms with Crippen molar-refractivity contribution in [3.05, 3.63) is 0 Å². The SMILES string of the molecule is NCC1(NC(=O)C23CC4CC(CC(C4)C2)C3)CCC1. The zero-order chi connectivity index (χ0) is 13.1. The van der Waals surface area contributed by atoms with Crippen LogP contribution in [0.25, 0.3) is 0 Å². The zero-order valence-corrected chi connectivity index (χ0v) is 11.8. The molecule has 5 saturated carbocycles. The van der Waals surface area contributed by atoms with E-state index in [0.29, 0.717) is 12.5 Å². The van der Waals surface area contributed by atoms with E-state index in [1.807, 2.05) is 0 Å². The maximum Gasteiger partial charge on any atom is 0.226 e. The summed E-state index contributed by atoms with van der Waals surface area (Å²) in [4.78, 5) is 12.9. The lowest BCUT2D eigenvalue weighted by Crippen LogP contribution is -2.63. The highest BCUT2D eigenvalue weighted by Gasteiger charge is 2.55. The highest BCUT2D eigenvalue weighted by Crippen LogP contribution is 2.60. The molecule has 0 saturated heterocycles. The predicted octanol–water partition coefficient (Wildman–Crippen LogP) is 2.20. The van der Waals surface area contributed by atoms with Crippen LogP contribution in [0.5, 0.6) is 0 Å². The maximum absolute atomic E-state index is 12.9. The molecule has 0 heterocycles. The van der Waals surface area contributed by atoms with E-state index in [-0.39, 0.29) is 11.0 Å². The Balaban J connectivity index is 1.53. The number of nitrogens with two attached hydrogens (primary N) is 1. The van der Waals surface area contributed by atoms with Gasteiger partial charge in [0.1, 0.15) is 0 Å². The molecule has 3 N–H and O–H groups in total. The average molecular weight is 262 g/mol. The third kappa shape index (κ3) is 1.77. The summed E-state index contributed by atoms with van der Waals surface area (Å²) in [6.45, 7) is 0.616. The molecule has 1 amide bonds. The van der Waals surface area contributed by atoms with Gasteiger partial charge in [-0.1, -0.05) is 0 Å². The van der Waals surface area contributed by atoms with Gasteiger partial charge in [0, 0.05) is 12.0 Å². The number of nitrogens with one attached hydrogen (secondary N) is 1. The molecule has 0 aromatic heterocycles. The fraction of sp³-hybridized carbons (Fsp3) is 0.938. The average Bonchev–Trinajstić information content (AvgIpc) is 2.31. The molecule has 4 bridgehead atoms. The second-order valence-electron chi connectivity index (χ2n) is 7.99. The minimum Gasteiger partial charge on any atom is -0.349 e. The lowest BCUT2D eigenvalue weighted by molar-refractivity contribution is -0.149. The number of hydrogen-bond acceptors (Lipinski definition) is 2. The van der Waals surface area contributed by atoms with Gasteiger partial charge in [-0.15, -0.1) is 0 Å². The molecular formula is C16H26N2O. The van der Waals surface area contributed by atoms with Crippen LogP contribution < -0.4 is 11.1 Å². The summed E-state index contributed by atoms with van der Waals surface area (Å²) in [5, 5.41) is 3.37. The van der Waals surface area contributed by atoms with E-state index in [2.05, 4.69) is 5.32 Å². The fourth-order valence-electron chi connectivity index (χ4n) is 5.75. The van der Waals surface area contributed by atoms with Crippen LogP contribution >= 0.6 is 0 Å². The summed E-state index contributed by atoms with van der Waals surface area (Å²) in [6, 6.07) is 0. The summed E-state index contributed by atoms with van der Waals surface area (Å²) in [7, 11) is 0. The van der Waals surface area contributed by atoms with Gasteiger partial charge >= 0.3 is 0 Å². The molecule has 3 nitrogen and oxygen atoms in total. The standard InChI is InChI=1S/C16H26N2O/c17-10-16(2-1-3-16)18-14(19)15-7-11-4-12(8-15)6-13(5-11)9-15/h11-13H,1-10,17H2,(H,18,19). The Hall–Kier alpha value is -0.570. The van der Waals surface area contributed by atoms with Gasteiger partial charge in [0.05, 0.1) is 5.54 Å². The van der Waals surface area contributed by atoms with Crippen LogP contribution in [0.15, 0.2) is 0 Å². The van der Waals surface area contributed by atoms with Crippen molar-refractivity contribution in [1.29, 1.82) is 0 Å². The molecule has 0 aromatic carbocycles. The van der Waals surface area contributed by atoms with Crippen LogP contribution in [-0.4, -0.2) is 18.0 Å². The molecule has 0 aliphatic heterocycles. The summed E-state index contributed by atoms with van der Waals surface area (Å²) in [6.07, 6.45) is 11.1. The van der Waals surface area contributed by atoms with Gasteiger partial charge in [-0.3, -0.25) is 4.79 Å². The molecule has 0 radical (unpaired) electrons. The van der Waals surface area contributed by atoms with Crippen LogP contribution in [-0.2, 0) is 4.79 Å². The quantitative estimate of drug-likeness (QED) is 0.819. The van der Waals surface area contributed by atoms with Gasteiger partial charge in [0.15, 0.2) is 0 Å². The Bertz CT molecular complexity index is 359. The van der Waals surface area contributed by atoms with Crippen molar-refractivity contribution in [2.75, 3.05) is 6.54 Å².